The molecule has 0 aliphatic heterocycles. The lowest BCUT2D eigenvalue weighted by Gasteiger charge is -2.09. The molecule has 3 nitrogen and oxygen atoms in total. The van der Waals surface area contributed by atoms with Gasteiger partial charge in [0.15, 0.2) is 0 Å². The third-order valence-electron chi connectivity index (χ3n) is 3.75. The highest BCUT2D eigenvalue weighted by atomic mass is 35.5. The van der Waals surface area contributed by atoms with Crippen LogP contribution in [-0.2, 0) is 6.54 Å². The quantitative estimate of drug-likeness (QED) is 0.497. The Morgan fingerprint density at radius 2 is 1.75 bits per heavy atom. The summed E-state index contributed by atoms with van der Waals surface area (Å²) in [5, 5.41) is 7.76. The summed E-state index contributed by atoms with van der Waals surface area (Å²) in [5.74, 6) is 0.773. The Bertz CT molecular complexity index is 873. The van der Waals surface area contributed by atoms with Crippen molar-refractivity contribution in [2.24, 2.45) is 5.10 Å². The van der Waals surface area contributed by atoms with Crippen LogP contribution < -0.4 is 10.2 Å². The van der Waals surface area contributed by atoms with Crippen molar-refractivity contribution in [1.82, 2.24) is 5.43 Å². The summed E-state index contributed by atoms with van der Waals surface area (Å²) >= 11 is 12.3. The van der Waals surface area contributed by atoms with Crippen LogP contribution >= 0.6 is 23.2 Å². The average Bonchev–Trinajstić information content (AvgIpc) is 2.60. The Morgan fingerprint density at radius 1 is 1.00 bits per heavy atom. The van der Waals surface area contributed by atoms with Crippen LogP contribution in [0.5, 0.6) is 5.75 Å². The maximum Gasteiger partial charge on any atom is 0.128 e. The van der Waals surface area contributed by atoms with E-state index in [2.05, 4.69) is 16.6 Å². The predicted octanol–water partition coefficient (Wildman–Crippen LogP) is 5.28. The number of ether oxygens (including phenoxy) is 1. The molecule has 5 heteroatoms. The van der Waals surface area contributed by atoms with Crippen LogP contribution in [0.3, 0.4) is 0 Å². The molecule has 0 radical (unpaired) electrons. The summed E-state index contributed by atoms with van der Waals surface area (Å²) in [6.07, 6.45) is 1.76. The van der Waals surface area contributed by atoms with Crippen molar-refractivity contribution in [1.29, 1.82) is 0 Å². The lowest BCUT2D eigenvalue weighted by atomic mass is 10.0. The summed E-state index contributed by atoms with van der Waals surface area (Å²) in [6.45, 7) is 0.447. The molecule has 0 atom stereocenters. The van der Waals surface area contributed by atoms with Crippen molar-refractivity contribution in [2.75, 3.05) is 7.11 Å². The molecular formula is C19H16Cl2N2O. The minimum atomic E-state index is 0.447. The molecule has 0 saturated heterocycles. The molecule has 3 aromatic carbocycles. The van der Waals surface area contributed by atoms with Gasteiger partial charge in [0.25, 0.3) is 0 Å². The number of rotatable bonds is 5. The fourth-order valence-electron chi connectivity index (χ4n) is 2.52. The molecule has 3 aromatic rings. The van der Waals surface area contributed by atoms with Crippen molar-refractivity contribution < 1.29 is 4.74 Å². The number of fused-ring (bicyclic) bond motifs is 1. The Kier molecular flexibility index (Phi) is 5.24. The molecule has 1 N–H and O–H groups in total. The number of benzene rings is 3. The zero-order chi connectivity index (χ0) is 16.9. The van der Waals surface area contributed by atoms with Gasteiger partial charge in [0.05, 0.1) is 19.9 Å². The van der Waals surface area contributed by atoms with Crippen molar-refractivity contribution in [2.45, 2.75) is 6.54 Å². The number of nitrogens with one attached hydrogen (secondary N) is 1. The topological polar surface area (TPSA) is 33.6 Å². The highest BCUT2D eigenvalue weighted by Gasteiger charge is 2.06. The van der Waals surface area contributed by atoms with Gasteiger partial charge >= 0.3 is 0 Å². The second-order valence-electron chi connectivity index (χ2n) is 5.20. The van der Waals surface area contributed by atoms with Crippen LogP contribution in [0.25, 0.3) is 10.8 Å². The van der Waals surface area contributed by atoms with Gasteiger partial charge in [0, 0.05) is 21.2 Å². The molecule has 0 spiro atoms. The van der Waals surface area contributed by atoms with Crippen LogP contribution in [0.4, 0.5) is 0 Å². The van der Waals surface area contributed by atoms with E-state index in [-0.39, 0.29) is 0 Å². The molecule has 0 amide bonds. The highest BCUT2D eigenvalue weighted by molar-refractivity contribution is 6.35. The Morgan fingerprint density at radius 3 is 2.50 bits per heavy atom. The van der Waals surface area contributed by atoms with E-state index in [4.69, 9.17) is 27.9 Å². The number of hydrogen-bond donors (Lipinski definition) is 1. The van der Waals surface area contributed by atoms with Crippen LogP contribution in [0.1, 0.15) is 11.1 Å². The Labute approximate surface area is 150 Å². The molecular weight excluding hydrogens is 343 g/mol. The summed E-state index contributed by atoms with van der Waals surface area (Å²) in [5.41, 5.74) is 4.74. The fourth-order valence-corrected chi connectivity index (χ4v) is 3.05. The van der Waals surface area contributed by atoms with Gasteiger partial charge in [0.2, 0.25) is 0 Å². The van der Waals surface area contributed by atoms with Crippen molar-refractivity contribution in [3.8, 4) is 5.75 Å². The monoisotopic (exact) mass is 358 g/mol. The maximum absolute atomic E-state index is 6.15. The van der Waals surface area contributed by atoms with Crippen molar-refractivity contribution in [3.05, 3.63) is 75.8 Å². The first-order valence-corrected chi connectivity index (χ1v) is 8.21. The number of methoxy groups -OCH3 is 1. The lowest BCUT2D eigenvalue weighted by molar-refractivity contribution is 0.415. The van der Waals surface area contributed by atoms with E-state index in [1.165, 1.54) is 0 Å². The van der Waals surface area contributed by atoms with E-state index in [1.54, 1.807) is 13.3 Å². The van der Waals surface area contributed by atoms with Gasteiger partial charge in [-0.15, -0.1) is 0 Å². The van der Waals surface area contributed by atoms with Gasteiger partial charge in [-0.3, -0.25) is 0 Å². The first-order valence-electron chi connectivity index (χ1n) is 7.45. The molecule has 0 unspecified atom stereocenters. The molecule has 0 aliphatic rings. The largest absolute Gasteiger partial charge is 0.496 e. The molecule has 0 aliphatic carbocycles. The fraction of sp³-hybridized carbons (Fsp3) is 0.105. The summed E-state index contributed by atoms with van der Waals surface area (Å²) in [6, 6.07) is 17.5. The zero-order valence-electron chi connectivity index (χ0n) is 13.1. The first-order chi connectivity index (χ1) is 11.7. The highest BCUT2D eigenvalue weighted by Crippen LogP contribution is 2.26. The number of hydrazone groups is 1. The molecule has 0 fully saturated rings. The van der Waals surface area contributed by atoms with E-state index in [9.17, 15) is 0 Å². The van der Waals surface area contributed by atoms with Crippen LogP contribution in [0.2, 0.25) is 10.0 Å². The van der Waals surface area contributed by atoms with E-state index in [0.29, 0.717) is 16.6 Å². The number of nitrogens with zero attached hydrogens (tertiary/aromatic N) is 1. The molecule has 0 saturated carbocycles. The Hall–Kier alpha value is -2.23. The average molecular weight is 359 g/mol. The molecule has 24 heavy (non-hydrogen) atoms. The summed E-state index contributed by atoms with van der Waals surface area (Å²) < 4.78 is 5.45. The maximum atomic E-state index is 6.15. The van der Waals surface area contributed by atoms with Crippen LogP contribution in [-0.4, -0.2) is 13.3 Å². The smallest absolute Gasteiger partial charge is 0.128 e. The molecule has 0 heterocycles. The predicted molar refractivity (Wildman–Crippen MR) is 101 cm³/mol. The Balaban J connectivity index is 1.83. The zero-order valence-corrected chi connectivity index (χ0v) is 14.6. The normalized spacial score (nSPS) is 11.1. The third kappa shape index (κ3) is 3.48. The summed E-state index contributed by atoms with van der Waals surface area (Å²) in [7, 11) is 1.65. The molecule has 122 valence electrons. The summed E-state index contributed by atoms with van der Waals surface area (Å²) in [4.78, 5) is 0. The van der Waals surface area contributed by atoms with Gasteiger partial charge in [-0.05, 0) is 29.0 Å². The van der Waals surface area contributed by atoms with E-state index < -0.39 is 0 Å². The van der Waals surface area contributed by atoms with Gasteiger partial charge < -0.3 is 10.2 Å². The standard InChI is InChI=1S/C19H16Cl2N2O/c1-24-19-10-9-13-5-2-3-6-14(13)15(19)11-22-23-12-16-17(20)7-4-8-18(16)21/h2-11,23H,12H2,1H3/b22-11+. The number of hydrogen-bond acceptors (Lipinski definition) is 3. The molecule has 0 bridgehead atoms. The molecule has 0 aromatic heterocycles. The third-order valence-corrected chi connectivity index (χ3v) is 4.46. The van der Waals surface area contributed by atoms with Crippen LogP contribution in [0, 0.1) is 0 Å². The SMILES string of the molecule is COc1ccc2ccccc2c1/C=N/NCc1c(Cl)cccc1Cl. The molecule has 3 rings (SSSR count). The van der Waals surface area contributed by atoms with Crippen molar-refractivity contribution in [3.63, 3.8) is 0 Å². The van der Waals surface area contributed by atoms with E-state index >= 15 is 0 Å². The lowest BCUT2D eigenvalue weighted by Crippen LogP contribution is -2.07. The number of halogens is 2. The van der Waals surface area contributed by atoms with Crippen LogP contribution in [0.15, 0.2) is 59.7 Å². The van der Waals surface area contributed by atoms with Crippen molar-refractivity contribution >= 4 is 40.2 Å². The van der Waals surface area contributed by atoms with E-state index in [0.717, 1.165) is 27.6 Å². The van der Waals surface area contributed by atoms with Gasteiger partial charge in [0.1, 0.15) is 5.75 Å². The van der Waals surface area contributed by atoms with Gasteiger partial charge in [-0.2, -0.15) is 5.10 Å². The second-order valence-corrected chi connectivity index (χ2v) is 6.01. The minimum absolute atomic E-state index is 0.447. The second kappa shape index (κ2) is 7.56. The van der Waals surface area contributed by atoms with Gasteiger partial charge in [-0.1, -0.05) is 59.6 Å². The van der Waals surface area contributed by atoms with Gasteiger partial charge in [-0.25, -0.2) is 0 Å². The first kappa shape index (κ1) is 16.6. The minimum Gasteiger partial charge on any atom is -0.496 e. The van der Waals surface area contributed by atoms with E-state index in [1.807, 2.05) is 48.5 Å².